The number of alkyl carbamates (subject to hydrolysis) is 2. The zero-order valence-corrected chi connectivity index (χ0v) is 22.8. The van der Waals surface area contributed by atoms with Crippen molar-refractivity contribution in [2.24, 2.45) is 22.7 Å². The summed E-state index contributed by atoms with van der Waals surface area (Å²) in [5.74, 6) is -1.64. The largest absolute Gasteiger partial charge is 0.481 e. The molecule has 0 aliphatic heterocycles. The van der Waals surface area contributed by atoms with E-state index in [1.165, 1.54) is 13.3 Å². The summed E-state index contributed by atoms with van der Waals surface area (Å²) in [5, 5.41) is 17.6. The van der Waals surface area contributed by atoms with Crippen molar-refractivity contribution in [3.63, 3.8) is 0 Å². The standard InChI is InChI=1S/C25H44N4O7/c1-9-16(10-2)20(29-15(3)30)18-11-17(21(31)32)12-19(18)27-14-28-23(34)36-25(7,8)13-26-22(33)35-24(4,5)6/h14,16-20H,9-13H2,1-8H3,(H,26,33)(H,29,30)(H,31,32)(H,27,28,34). The van der Waals surface area contributed by atoms with Crippen molar-refractivity contribution < 1.29 is 33.8 Å². The van der Waals surface area contributed by atoms with Crippen LogP contribution in [0.3, 0.4) is 0 Å². The number of amides is 3. The van der Waals surface area contributed by atoms with Crippen molar-refractivity contribution >= 4 is 30.4 Å². The van der Waals surface area contributed by atoms with E-state index in [1.54, 1.807) is 34.6 Å². The van der Waals surface area contributed by atoms with Gasteiger partial charge in [-0.25, -0.2) is 9.59 Å². The number of nitrogens with one attached hydrogen (secondary N) is 3. The zero-order chi connectivity index (χ0) is 27.7. The molecule has 4 N–H and O–H groups in total. The van der Waals surface area contributed by atoms with Crippen LogP contribution < -0.4 is 16.0 Å². The Hall–Kier alpha value is -2.85. The van der Waals surface area contributed by atoms with Crippen molar-refractivity contribution in [2.75, 3.05) is 6.54 Å². The SMILES string of the molecule is CCC(CC)C(NC(C)=O)C1CC(C(=O)O)CC1N=CNC(=O)OC(C)(C)CNC(=O)OC(C)(C)C. The predicted molar refractivity (Wildman–Crippen MR) is 136 cm³/mol. The highest BCUT2D eigenvalue weighted by Crippen LogP contribution is 2.39. The summed E-state index contributed by atoms with van der Waals surface area (Å²) >= 11 is 0. The van der Waals surface area contributed by atoms with Gasteiger partial charge in [-0.2, -0.15) is 0 Å². The summed E-state index contributed by atoms with van der Waals surface area (Å²) in [4.78, 5) is 52.2. The molecule has 0 spiro atoms. The van der Waals surface area contributed by atoms with Gasteiger partial charge in [-0.05, 0) is 53.4 Å². The highest BCUT2D eigenvalue weighted by atomic mass is 16.6. The second-order valence-electron chi connectivity index (χ2n) is 11.0. The van der Waals surface area contributed by atoms with Crippen molar-refractivity contribution in [2.45, 2.75) is 104 Å². The number of carboxylic acids is 1. The molecule has 0 radical (unpaired) electrons. The molecule has 36 heavy (non-hydrogen) atoms. The number of aliphatic carboxylic acids is 1. The summed E-state index contributed by atoms with van der Waals surface area (Å²) in [7, 11) is 0. The molecule has 206 valence electrons. The lowest BCUT2D eigenvalue weighted by Gasteiger charge is -2.33. The molecule has 1 aliphatic rings. The topological polar surface area (TPSA) is 155 Å². The number of ether oxygens (including phenoxy) is 2. The summed E-state index contributed by atoms with van der Waals surface area (Å²) < 4.78 is 10.6. The van der Waals surface area contributed by atoms with Crippen LogP contribution in [0.4, 0.5) is 9.59 Å². The van der Waals surface area contributed by atoms with Gasteiger partial charge in [0.2, 0.25) is 5.91 Å². The van der Waals surface area contributed by atoms with Crippen molar-refractivity contribution in [3.8, 4) is 0 Å². The molecule has 0 bridgehead atoms. The van der Waals surface area contributed by atoms with Gasteiger partial charge in [-0.15, -0.1) is 0 Å². The molecule has 11 heteroatoms. The minimum absolute atomic E-state index is 0.0330. The summed E-state index contributed by atoms with van der Waals surface area (Å²) in [6.45, 7) is 14.1. The van der Waals surface area contributed by atoms with E-state index >= 15 is 0 Å². The Morgan fingerprint density at radius 2 is 1.64 bits per heavy atom. The molecule has 1 saturated carbocycles. The Balaban J connectivity index is 2.82. The second-order valence-corrected chi connectivity index (χ2v) is 11.0. The fraction of sp³-hybridized carbons (Fsp3) is 0.800. The van der Waals surface area contributed by atoms with Crippen LogP contribution in [0.5, 0.6) is 0 Å². The van der Waals surface area contributed by atoms with Gasteiger partial charge >= 0.3 is 18.2 Å². The zero-order valence-electron chi connectivity index (χ0n) is 22.8. The number of aliphatic imine (C=N–C) groups is 1. The molecular weight excluding hydrogens is 468 g/mol. The first-order valence-corrected chi connectivity index (χ1v) is 12.6. The molecule has 0 aromatic heterocycles. The molecule has 0 saturated heterocycles. The lowest BCUT2D eigenvalue weighted by Crippen LogP contribution is -2.47. The van der Waals surface area contributed by atoms with Gasteiger partial charge in [-0.1, -0.05) is 26.7 Å². The van der Waals surface area contributed by atoms with Crippen LogP contribution in [0.2, 0.25) is 0 Å². The molecule has 4 atom stereocenters. The number of hydrogen-bond donors (Lipinski definition) is 4. The molecule has 11 nitrogen and oxygen atoms in total. The van der Waals surface area contributed by atoms with Gasteiger partial charge in [0, 0.05) is 18.9 Å². The summed E-state index contributed by atoms with van der Waals surface area (Å²) in [6, 6.07) is -0.598. The van der Waals surface area contributed by atoms with Crippen LogP contribution in [-0.2, 0) is 19.1 Å². The van der Waals surface area contributed by atoms with Crippen LogP contribution in [0.25, 0.3) is 0 Å². The predicted octanol–water partition coefficient (Wildman–Crippen LogP) is 3.46. The average Bonchev–Trinajstić information content (AvgIpc) is 3.15. The van der Waals surface area contributed by atoms with Gasteiger partial charge in [0.05, 0.1) is 24.8 Å². The van der Waals surface area contributed by atoms with E-state index in [9.17, 15) is 24.3 Å². The van der Waals surface area contributed by atoms with Crippen molar-refractivity contribution in [1.29, 1.82) is 0 Å². The second kappa shape index (κ2) is 13.5. The van der Waals surface area contributed by atoms with Crippen LogP contribution in [-0.4, -0.2) is 65.3 Å². The Morgan fingerprint density at radius 3 is 2.14 bits per heavy atom. The first-order valence-electron chi connectivity index (χ1n) is 12.6. The van der Waals surface area contributed by atoms with E-state index in [1.807, 2.05) is 13.8 Å². The quantitative estimate of drug-likeness (QED) is 0.244. The maximum atomic E-state index is 12.3. The average molecular weight is 513 g/mol. The summed E-state index contributed by atoms with van der Waals surface area (Å²) in [5.41, 5.74) is -1.67. The van der Waals surface area contributed by atoms with E-state index in [2.05, 4.69) is 20.9 Å². The monoisotopic (exact) mass is 512 g/mol. The van der Waals surface area contributed by atoms with Crippen LogP contribution in [0.15, 0.2) is 4.99 Å². The first-order chi connectivity index (χ1) is 16.6. The van der Waals surface area contributed by atoms with E-state index in [0.717, 1.165) is 12.8 Å². The molecule has 1 fully saturated rings. The van der Waals surface area contributed by atoms with Crippen molar-refractivity contribution in [1.82, 2.24) is 16.0 Å². The summed E-state index contributed by atoms with van der Waals surface area (Å²) in [6.07, 6.45) is 2.22. The van der Waals surface area contributed by atoms with Crippen LogP contribution in [0, 0.1) is 17.8 Å². The normalized spacial score (nSPS) is 21.2. The Labute approximate surface area is 214 Å². The third-order valence-electron chi connectivity index (χ3n) is 6.19. The lowest BCUT2D eigenvalue weighted by molar-refractivity contribution is -0.141. The number of nitrogens with zero attached hydrogens (tertiary/aromatic N) is 1. The van der Waals surface area contributed by atoms with Gasteiger partial charge in [0.15, 0.2) is 0 Å². The maximum absolute atomic E-state index is 12.3. The third kappa shape index (κ3) is 10.8. The van der Waals surface area contributed by atoms with E-state index in [4.69, 9.17) is 9.47 Å². The lowest BCUT2D eigenvalue weighted by atomic mass is 9.81. The van der Waals surface area contributed by atoms with Crippen LogP contribution >= 0.6 is 0 Å². The van der Waals surface area contributed by atoms with E-state index < -0.39 is 35.3 Å². The van der Waals surface area contributed by atoms with Crippen molar-refractivity contribution in [3.05, 3.63) is 0 Å². The third-order valence-corrected chi connectivity index (χ3v) is 6.19. The fourth-order valence-corrected chi connectivity index (χ4v) is 4.51. The van der Waals surface area contributed by atoms with Gasteiger partial charge < -0.3 is 25.2 Å². The van der Waals surface area contributed by atoms with Gasteiger partial charge in [0.1, 0.15) is 11.2 Å². The molecule has 3 amide bonds. The maximum Gasteiger partial charge on any atom is 0.412 e. The molecule has 1 aliphatic carbocycles. The molecule has 0 aromatic carbocycles. The fourth-order valence-electron chi connectivity index (χ4n) is 4.51. The van der Waals surface area contributed by atoms with E-state index in [-0.39, 0.29) is 36.4 Å². The minimum atomic E-state index is -1.02. The highest BCUT2D eigenvalue weighted by molar-refractivity contribution is 5.82. The molecular formula is C25H44N4O7. The number of carbonyl (C=O) groups is 4. The first kappa shape index (κ1) is 31.2. The number of carbonyl (C=O) groups excluding carboxylic acids is 3. The van der Waals surface area contributed by atoms with E-state index in [0.29, 0.717) is 12.8 Å². The Morgan fingerprint density at radius 1 is 1.03 bits per heavy atom. The molecule has 1 rings (SSSR count). The highest BCUT2D eigenvalue weighted by Gasteiger charge is 2.43. The Bertz CT molecular complexity index is 803. The van der Waals surface area contributed by atoms with Gasteiger partial charge in [-0.3, -0.25) is 19.9 Å². The Kier molecular flexibility index (Phi) is 11.7. The number of carboxylic acid groups (broad SMARTS) is 1. The molecule has 0 aromatic rings. The minimum Gasteiger partial charge on any atom is -0.481 e. The number of rotatable bonds is 11. The molecule has 0 heterocycles. The molecule has 4 unspecified atom stereocenters. The van der Waals surface area contributed by atoms with Gasteiger partial charge in [0.25, 0.3) is 0 Å². The van der Waals surface area contributed by atoms with Crippen LogP contribution in [0.1, 0.15) is 81.1 Å². The number of hydrogen-bond acceptors (Lipinski definition) is 7. The smallest absolute Gasteiger partial charge is 0.412 e.